The van der Waals surface area contributed by atoms with Gasteiger partial charge in [-0.1, -0.05) is 152 Å². The molecule has 10 atom stereocenters. The summed E-state index contributed by atoms with van der Waals surface area (Å²) in [6.45, 7) is 15.7. The quantitative estimate of drug-likeness (QED) is 0.0984. The van der Waals surface area contributed by atoms with Crippen LogP contribution in [0.3, 0.4) is 0 Å². The van der Waals surface area contributed by atoms with Crippen molar-refractivity contribution in [1.82, 2.24) is 0 Å². The fraction of sp³-hybridized carbons (Fsp3) is 0.439. The average Bonchev–Trinajstić information content (AvgIpc) is 3.97. The van der Waals surface area contributed by atoms with Gasteiger partial charge in [0.05, 0.1) is 13.7 Å². The molecule has 4 aromatic rings. The number of anilines is 2. The zero-order valence-corrected chi connectivity index (χ0v) is 39.2. The van der Waals surface area contributed by atoms with Gasteiger partial charge in [0, 0.05) is 78.0 Å². The lowest BCUT2D eigenvalue weighted by Crippen LogP contribution is -2.48. The van der Waals surface area contributed by atoms with Crippen molar-refractivity contribution in [3.63, 3.8) is 0 Å². The molecule has 2 saturated carbocycles. The summed E-state index contributed by atoms with van der Waals surface area (Å²) in [6, 6.07) is 30.8. The Morgan fingerprint density at radius 3 is 1.48 bits per heavy atom. The van der Waals surface area contributed by atoms with Gasteiger partial charge in [-0.25, -0.2) is 8.78 Å². The fourth-order valence-electron chi connectivity index (χ4n) is 13.9. The third-order valence-corrected chi connectivity index (χ3v) is 22.2. The summed E-state index contributed by atoms with van der Waals surface area (Å²) in [5.74, 6) is 1.87. The van der Waals surface area contributed by atoms with Crippen LogP contribution in [0.4, 0.5) is 20.2 Å². The lowest BCUT2D eigenvalue weighted by atomic mass is 9.88. The van der Waals surface area contributed by atoms with Crippen molar-refractivity contribution in [2.45, 2.75) is 127 Å². The Labute approximate surface area is 376 Å². The molecule has 0 radical (unpaired) electrons. The molecule has 2 aliphatic heterocycles. The first-order valence-electron chi connectivity index (χ1n) is 24.0. The number of aryl methyl sites for hydroxylation is 2. The van der Waals surface area contributed by atoms with E-state index in [0.717, 1.165) is 24.2 Å². The maximum atomic E-state index is 15.7. The van der Waals surface area contributed by atoms with E-state index < -0.39 is 8.07 Å². The largest absolute Gasteiger partial charge is 0.376 e. The predicted molar refractivity (Wildman–Crippen MR) is 259 cm³/mol. The van der Waals surface area contributed by atoms with Gasteiger partial charge in [-0.05, 0) is 99.4 Å². The molecule has 328 valence electrons. The van der Waals surface area contributed by atoms with Crippen LogP contribution in [0, 0.1) is 49.2 Å². The number of hydrogen-bond acceptors (Lipinski definition) is 3. The van der Waals surface area contributed by atoms with Gasteiger partial charge in [-0.3, -0.25) is 0 Å². The van der Waals surface area contributed by atoms with E-state index in [1.165, 1.54) is 58.9 Å². The predicted octanol–water partition coefficient (Wildman–Crippen LogP) is 14.2. The number of ether oxygens (including phenoxy) is 1. The highest BCUT2D eigenvalue weighted by Crippen LogP contribution is 2.72. The van der Waals surface area contributed by atoms with Gasteiger partial charge in [0.2, 0.25) is 0 Å². The molecule has 2 heterocycles. The normalized spacial score (nSPS) is 29.3. The Balaban J connectivity index is 1.11. The van der Waals surface area contributed by atoms with Crippen LogP contribution in [0.5, 0.6) is 0 Å². The minimum atomic E-state index is -2.41. The van der Waals surface area contributed by atoms with Crippen LogP contribution in [0.15, 0.2) is 134 Å². The van der Waals surface area contributed by atoms with E-state index in [4.69, 9.17) is 4.74 Å². The van der Waals surface area contributed by atoms with E-state index >= 15 is 8.78 Å². The topological polar surface area (TPSA) is 15.7 Å². The first-order valence-corrected chi connectivity index (χ1v) is 26.8. The maximum Gasteiger partial charge on any atom is 0.128 e. The molecular formula is C57H66F2N2OSi. The van der Waals surface area contributed by atoms with Crippen molar-refractivity contribution >= 4 is 19.4 Å². The second-order valence-electron chi connectivity index (χ2n) is 21.1. The molecule has 0 amide bonds. The van der Waals surface area contributed by atoms with Gasteiger partial charge in [0.25, 0.3) is 0 Å². The number of unbranched alkanes of at least 4 members (excludes halogenated alkanes) is 3. The van der Waals surface area contributed by atoms with Crippen LogP contribution >= 0.6 is 0 Å². The minimum absolute atomic E-state index is 0.118. The highest BCUT2D eigenvalue weighted by Gasteiger charge is 2.68. The molecule has 6 aliphatic rings. The molecule has 6 heteroatoms. The summed E-state index contributed by atoms with van der Waals surface area (Å²) in [6.07, 6.45) is 24.2. The van der Waals surface area contributed by atoms with Gasteiger partial charge >= 0.3 is 0 Å². The summed E-state index contributed by atoms with van der Waals surface area (Å²) in [7, 11) is -2.41. The van der Waals surface area contributed by atoms with Gasteiger partial charge < -0.3 is 14.5 Å². The van der Waals surface area contributed by atoms with E-state index in [-0.39, 0.29) is 29.3 Å². The van der Waals surface area contributed by atoms with Crippen molar-refractivity contribution in [3.8, 4) is 0 Å². The Kier molecular flexibility index (Phi) is 11.3. The van der Waals surface area contributed by atoms with Crippen LogP contribution in [0.2, 0.25) is 23.7 Å². The number of halogens is 2. The number of benzene rings is 4. The lowest BCUT2D eigenvalue weighted by molar-refractivity contribution is -0.00471. The molecule has 4 aliphatic carbocycles. The summed E-state index contributed by atoms with van der Waals surface area (Å²) < 4.78 is 37.5. The van der Waals surface area contributed by atoms with Gasteiger partial charge in [-0.2, -0.15) is 0 Å². The van der Waals surface area contributed by atoms with Crippen LogP contribution in [0.25, 0.3) is 0 Å². The molecular weight excluding hydrogens is 795 g/mol. The van der Waals surface area contributed by atoms with Crippen molar-refractivity contribution in [2.75, 3.05) is 16.4 Å². The molecule has 0 bridgehead atoms. The monoisotopic (exact) mass is 860 g/mol. The molecule has 4 aromatic carbocycles. The van der Waals surface area contributed by atoms with Gasteiger partial charge in [0.1, 0.15) is 11.6 Å². The lowest BCUT2D eigenvalue weighted by Gasteiger charge is -2.48. The van der Waals surface area contributed by atoms with E-state index in [1.807, 2.05) is 36.4 Å². The zero-order chi connectivity index (χ0) is 43.6. The number of fused-ring (bicyclic) bond motifs is 10. The molecule has 10 rings (SSSR count). The zero-order valence-electron chi connectivity index (χ0n) is 38.2. The van der Waals surface area contributed by atoms with Crippen molar-refractivity contribution < 1.29 is 13.5 Å². The summed E-state index contributed by atoms with van der Waals surface area (Å²) in [5.41, 5.74) is 10.5. The van der Waals surface area contributed by atoms with Crippen LogP contribution in [-0.2, 0) is 17.8 Å². The summed E-state index contributed by atoms with van der Waals surface area (Å²) in [4.78, 5) is 5.24. The summed E-state index contributed by atoms with van der Waals surface area (Å²) >= 11 is 0. The van der Waals surface area contributed by atoms with Crippen molar-refractivity contribution in [2.24, 2.45) is 23.7 Å². The van der Waals surface area contributed by atoms with Crippen LogP contribution in [-0.4, -0.2) is 32.4 Å². The first kappa shape index (κ1) is 42.4. The molecule has 63 heavy (non-hydrogen) atoms. The molecule has 0 aromatic heterocycles. The third kappa shape index (κ3) is 7.51. The smallest absolute Gasteiger partial charge is 0.128 e. The van der Waals surface area contributed by atoms with Crippen molar-refractivity contribution in [3.05, 3.63) is 179 Å². The van der Waals surface area contributed by atoms with Crippen LogP contribution in [0.1, 0.15) is 91.7 Å². The first-order chi connectivity index (χ1) is 30.4. The number of allylic oxidation sites excluding steroid dienone is 6. The van der Waals surface area contributed by atoms with Crippen LogP contribution < -0.4 is 9.80 Å². The molecule has 10 unspecified atom stereocenters. The maximum absolute atomic E-state index is 15.7. The average molecular weight is 861 g/mol. The van der Waals surface area contributed by atoms with Crippen molar-refractivity contribution in [1.29, 1.82) is 0 Å². The minimum Gasteiger partial charge on any atom is -0.376 e. The highest BCUT2D eigenvalue weighted by molar-refractivity contribution is 6.82. The number of hydrogen-bond donors (Lipinski definition) is 0. The Morgan fingerprint density at radius 2 is 1.02 bits per heavy atom. The molecule has 2 fully saturated rings. The Hall–Kier alpha value is -4.52. The third-order valence-electron chi connectivity index (χ3n) is 16.3. The second-order valence-corrected chi connectivity index (χ2v) is 26.0. The molecule has 0 N–H and O–H groups in total. The van der Waals surface area contributed by atoms with E-state index in [2.05, 4.69) is 136 Å². The molecule has 0 saturated heterocycles. The van der Waals surface area contributed by atoms with Gasteiger partial charge in [-0.15, -0.1) is 0 Å². The molecule has 3 nitrogen and oxygen atoms in total. The van der Waals surface area contributed by atoms with E-state index in [9.17, 15) is 0 Å². The van der Waals surface area contributed by atoms with E-state index in [1.54, 1.807) is 12.1 Å². The number of nitrogens with zero attached hydrogens (tertiary/aromatic N) is 2. The standard InChI is InChI=1S/C57H66F2N2OSi/c1-37-27-29-49-45(33-37)51-53(60(49)35-39-19-9-15-25-47(39)58)41-21-11-13-23-43(41)55(51)63(6,32-18-8-7-17-31-62-57(3,4)5)56-44-24-14-12-22-42(44)54-52(56)46-34-38(2)28-30-50(46)61(54)36-40-20-10-16-26-48(40)59/h9-16,19-30,33-34,41-44,51-56H,7-8,17-18,31-32,35-36H2,1-6H3. The van der Waals surface area contributed by atoms with Gasteiger partial charge in [0.15, 0.2) is 0 Å². The highest BCUT2D eigenvalue weighted by atomic mass is 28.3. The second kappa shape index (κ2) is 16.8. The Bertz CT molecular complexity index is 2310. The fourth-order valence-corrected chi connectivity index (χ4v) is 20.9. The number of rotatable bonds is 13. The molecule has 0 spiro atoms. The van der Waals surface area contributed by atoms with E-state index in [0.29, 0.717) is 59.7 Å². The summed E-state index contributed by atoms with van der Waals surface area (Å²) in [5, 5.41) is 0. The Morgan fingerprint density at radius 1 is 0.571 bits per heavy atom. The SMILES string of the molecule is Cc1ccc2c(c1)C1C(C3C=CC=CC3C1[Si](C)(CCCCCCOC(C)(C)C)C1C3C=CC=CC3C3C1c1cc(C)ccc1N3Cc1ccccc1F)N2Cc1ccccc1F.